The number of carbonyl (C=O) groups is 1. The molecule has 0 spiro atoms. The summed E-state index contributed by atoms with van der Waals surface area (Å²) in [7, 11) is 2.11. The Kier molecular flexibility index (Phi) is 4.77. The van der Waals surface area contributed by atoms with E-state index in [1.165, 1.54) is 6.92 Å². The van der Waals surface area contributed by atoms with Crippen molar-refractivity contribution in [3.05, 3.63) is 42.6 Å². The fraction of sp³-hybridized carbons (Fsp3) is 0.350. The van der Waals surface area contributed by atoms with Crippen molar-refractivity contribution in [2.45, 2.75) is 25.9 Å². The predicted molar refractivity (Wildman–Crippen MR) is 104 cm³/mol. The summed E-state index contributed by atoms with van der Waals surface area (Å²) in [5, 5.41) is 7.45. The average Bonchev–Trinajstić information content (AvgIpc) is 3.05. The van der Waals surface area contributed by atoms with E-state index in [2.05, 4.69) is 27.3 Å². The highest BCUT2D eigenvalue weighted by Crippen LogP contribution is 2.25. The zero-order valence-electron chi connectivity index (χ0n) is 15.6. The van der Waals surface area contributed by atoms with Crippen LogP contribution in [-0.4, -0.2) is 51.6 Å². The standard InChI is InChI=1S/C20H23N5O2/c1-14(26)22-16-6-3-5-15(11-16)18-12-21-19-8-9-20(23-25(18)19)27-17-7-4-10-24(2)13-17/h3,5-6,8-9,11-12,17H,4,7,10,13H2,1-2H3,(H,22,26). The van der Waals surface area contributed by atoms with Gasteiger partial charge < -0.3 is 15.0 Å². The lowest BCUT2D eigenvalue weighted by molar-refractivity contribution is -0.114. The number of ether oxygens (including phenoxy) is 1. The second kappa shape index (κ2) is 7.36. The summed E-state index contributed by atoms with van der Waals surface area (Å²) >= 11 is 0. The van der Waals surface area contributed by atoms with Crippen molar-refractivity contribution in [1.29, 1.82) is 0 Å². The van der Waals surface area contributed by atoms with Gasteiger partial charge in [0.1, 0.15) is 6.10 Å². The first kappa shape index (κ1) is 17.5. The number of rotatable bonds is 4. The molecule has 1 aromatic carbocycles. The van der Waals surface area contributed by atoms with Crippen molar-refractivity contribution in [3.63, 3.8) is 0 Å². The molecule has 3 heterocycles. The molecule has 27 heavy (non-hydrogen) atoms. The summed E-state index contributed by atoms with van der Waals surface area (Å²) < 4.78 is 7.90. The van der Waals surface area contributed by atoms with E-state index in [1.807, 2.05) is 36.4 Å². The van der Waals surface area contributed by atoms with Crippen molar-refractivity contribution in [1.82, 2.24) is 19.5 Å². The van der Waals surface area contributed by atoms with Gasteiger partial charge in [0.15, 0.2) is 5.65 Å². The van der Waals surface area contributed by atoms with E-state index in [9.17, 15) is 4.79 Å². The number of aromatic nitrogens is 3. The molecule has 4 rings (SSSR count). The molecule has 0 bridgehead atoms. The molecule has 1 atom stereocenters. The summed E-state index contributed by atoms with van der Waals surface area (Å²) in [5.41, 5.74) is 3.27. The molecule has 1 amide bonds. The lowest BCUT2D eigenvalue weighted by Crippen LogP contribution is -2.38. The maximum atomic E-state index is 11.3. The molecule has 1 unspecified atom stereocenters. The molecular formula is C20H23N5O2. The van der Waals surface area contributed by atoms with Gasteiger partial charge in [0.2, 0.25) is 11.8 Å². The van der Waals surface area contributed by atoms with Crippen LogP contribution in [0, 0.1) is 0 Å². The van der Waals surface area contributed by atoms with E-state index in [-0.39, 0.29) is 12.0 Å². The van der Waals surface area contributed by atoms with Crippen molar-refractivity contribution < 1.29 is 9.53 Å². The zero-order chi connectivity index (χ0) is 18.8. The van der Waals surface area contributed by atoms with E-state index in [0.717, 1.165) is 48.5 Å². The van der Waals surface area contributed by atoms with Gasteiger partial charge in [0, 0.05) is 30.8 Å². The van der Waals surface area contributed by atoms with E-state index < -0.39 is 0 Å². The Morgan fingerprint density at radius 2 is 2.19 bits per heavy atom. The third kappa shape index (κ3) is 3.93. The normalized spacial score (nSPS) is 17.8. The third-order valence-electron chi connectivity index (χ3n) is 4.69. The number of nitrogens with one attached hydrogen (secondary N) is 1. The number of imidazole rings is 1. The van der Waals surface area contributed by atoms with E-state index >= 15 is 0 Å². The highest BCUT2D eigenvalue weighted by molar-refractivity contribution is 5.89. The number of hydrogen-bond acceptors (Lipinski definition) is 5. The largest absolute Gasteiger partial charge is 0.472 e. The van der Waals surface area contributed by atoms with Gasteiger partial charge in [-0.15, -0.1) is 5.10 Å². The summed E-state index contributed by atoms with van der Waals surface area (Å²) in [6, 6.07) is 11.4. The second-order valence-electron chi connectivity index (χ2n) is 6.99. The zero-order valence-corrected chi connectivity index (χ0v) is 15.6. The van der Waals surface area contributed by atoms with Gasteiger partial charge in [-0.3, -0.25) is 4.79 Å². The lowest BCUT2D eigenvalue weighted by Gasteiger charge is -2.29. The molecule has 7 nitrogen and oxygen atoms in total. The van der Waals surface area contributed by atoms with Crippen molar-refractivity contribution >= 4 is 17.2 Å². The number of likely N-dealkylation sites (N-methyl/N-ethyl adjacent to an activating group) is 1. The number of hydrogen-bond donors (Lipinski definition) is 1. The van der Waals surface area contributed by atoms with Gasteiger partial charge in [0.25, 0.3) is 0 Å². The maximum absolute atomic E-state index is 11.3. The molecule has 0 aliphatic carbocycles. The maximum Gasteiger partial charge on any atom is 0.232 e. The molecule has 1 N–H and O–H groups in total. The van der Waals surface area contributed by atoms with Gasteiger partial charge in [-0.25, -0.2) is 9.50 Å². The number of piperidine rings is 1. The second-order valence-corrected chi connectivity index (χ2v) is 6.99. The summed E-state index contributed by atoms with van der Waals surface area (Å²) in [6.45, 7) is 3.52. The van der Waals surface area contributed by atoms with Crippen LogP contribution in [0.4, 0.5) is 5.69 Å². The molecule has 2 aromatic heterocycles. The quantitative estimate of drug-likeness (QED) is 0.770. The first-order chi connectivity index (χ1) is 13.1. The Bertz CT molecular complexity index is 968. The summed E-state index contributed by atoms with van der Waals surface area (Å²) in [4.78, 5) is 18.0. The molecule has 7 heteroatoms. The van der Waals surface area contributed by atoms with Crippen LogP contribution in [0.2, 0.25) is 0 Å². The number of fused-ring (bicyclic) bond motifs is 1. The molecule has 3 aromatic rings. The molecule has 0 saturated carbocycles. The first-order valence-corrected chi connectivity index (χ1v) is 9.16. The Morgan fingerprint density at radius 1 is 1.30 bits per heavy atom. The predicted octanol–water partition coefficient (Wildman–Crippen LogP) is 2.83. The molecular weight excluding hydrogens is 342 g/mol. The van der Waals surface area contributed by atoms with E-state index in [1.54, 1.807) is 10.7 Å². The van der Waals surface area contributed by atoms with Crippen LogP contribution < -0.4 is 10.1 Å². The van der Waals surface area contributed by atoms with Gasteiger partial charge >= 0.3 is 0 Å². The minimum atomic E-state index is -0.100. The van der Waals surface area contributed by atoms with Crippen molar-refractivity contribution in [2.24, 2.45) is 0 Å². The van der Waals surface area contributed by atoms with Crippen molar-refractivity contribution in [3.8, 4) is 17.1 Å². The minimum absolute atomic E-state index is 0.100. The minimum Gasteiger partial charge on any atom is -0.472 e. The van der Waals surface area contributed by atoms with Gasteiger partial charge in [-0.05, 0) is 44.6 Å². The summed E-state index contributed by atoms with van der Waals surface area (Å²) in [5.74, 6) is 0.497. The monoisotopic (exact) mass is 365 g/mol. The molecule has 1 aliphatic heterocycles. The number of nitrogens with zero attached hydrogens (tertiary/aromatic N) is 4. The van der Waals surface area contributed by atoms with Crippen molar-refractivity contribution in [2.75, 3.05) is 25.5 Å². The van der Waals surface area contributed by atoms with Gasteiger partial charge in [0.05, 0.1) is 11.9 Å². The number of anilines is 1. The molecule has 1 saturated heterocycles. The average molecular weight is 365 g/mol. The van der Waals surface area contributed by atoms with Crippen LogP contribution in [0.3, 0.4) is 0 Å². The number of carbonyl (C=O) groups excluding carboxylic acids is 1. The van der Waals surface area contributed by atoms with Crippen LogP contribution >= 0.6 is 0 Å². The lowest BCUT2D eigenvalue weighted by atomic mass is 10.1. The topological polar surface area (TPSA) is 71.8 Å². The Balaban J connectivity index is 1.63. The molecule has 1 fully saturated rings. The SMILES string of the molecule is CC(=O)Nc1cccc(-c2cnc3ccc(OC4CCCN(C)C4)nn23)c1. The third-order valence-corrected chi connectivity index (χ3v) is 4.69. The van der Waals surface area contributed by atoms with Gasteiger partial charge in [-0.1, -0.05) is 12.1 Å². The number of amides is 1. The van der Waals surface area contributed by atoms with Crippen LogP contribution in [0.25, 0.3) is 16.9 Å². The van der Waals surface area contributed by atoms with Crippen LogP contribution in [0.15, 0.2) is 42.6 Å². The Labute approximate surface area is 158 Å². The van der Waals surface area contributed by atoms with E-state index in [4.69, 9.17) is 4.74 Å². The Morgan fingerprint density at radius 3 is 3.00 bits per heavy atom. The molecule has 0 radical (unpaired) electrons. The smallest absolute Gasteiger partial charge is 0.232 e. The molecule has 140 valence electrons. The fourth-order valence-electron chi connectivity index (χ4n) is 3.46. The summed E-state index contributed by atoms with van der Waals surface area (Å²) in [6.07, 6.45) is 4.12. The first-order valence-electron chi connectivity index (χ1n) is 9.16. The van der Waals surface area contributed by atoms with Gasteiger partial charge in [-0.2, -0.15) is 0 Å². The van der Waals surface area contributed by atoms with Crippen LogP contribution in [0.5, 0.6) is 5.88 Å². The van der Waals surface area contributed by atoms with Crippen LogP contribution in [0.1, 0.15) is 19.8 Å². The number of likely N-dealkylation sites (tertiary alicyclic amines) is 1. The number of benzene rings is 1. The highest BCUT2D eigenvalue weighted by Gasteiger charge is 2.19. The Hall–Kier alpha value is -2.93. The van der Waals surface area contributed by atoms with E-state index in [0.29, 0.717) is 5.88 Å². The fourth-order valence-corrected chi connectivity index (χ4v) is 3.46. The molecule has 1 aliphatic rings. The van der Waals surface area contributed by atoms with Crippen LogP contribution in [-0.2, 0) is 4.79 Å². The highest BCUT2D eigenvalue weighted by atomic mass is 16.5.